The van der Waals surface area contributed by atoms with Crippen molar-refractivity contribution in [2.24, 2.45) is 0 Å². The van der Waals surface area contributed by atoms with Crippen LogP contribution in [0.5, 0.6) is 0 Å². The Morgan fingerprint density at radius 3 is 2.62 bits per heavy atom. The highest BCUT2D eigenvalue weighted by Crippen LogP contribution is 2.38. The third-order valence-corrected chi connectivity index (χ3v) is 6.14. The fourth-order valence-electron chi connectivity index (χ4n) is 4.65. The van der Waals surface area contributed by atoms with Crippen LogP contribution in [0.3, 0.4) is 0 Å². The topological polar surface area (TPSA) is 77.7 Å². The van der Waals surface area contributed by atoms with Gasteiger partial charge in [0.2, 0.25) is 0 Å². The summed E-state index contributed by atoms with van der Waals surface area (Å²) in [6.45, 7) is 0.606. The predicted molar refractivity (Wildman–Crippen MR) is 123 cm³/mol. The van der Waals surface area contributed by atoms with Gasteiger partial charge in [-0.1, -0.05) is 54.6 Å². The SMILES string of the molecule is O=C(c1cc(-c2ccccc2)n[nH]1)N1CCc2c([nH]c3ccccc23)[C@H]1c1ccccn1. The van der Waals surface area contributed by atoms with Crippen LogP contribution in [-0.4, -0.2) is 37.5 Å². The van der Waals surface area contributed by atoms with Gasteiger partial charge in [-0.3, -0.25) is 14.9 Å². The van der Waals surface area contributed by atoms with Crippen LogP contribution in [0, 0.1) is 0 Å². The van der Waals surface area contributed by atoms with E-state index in [0.717, 1.165) is 34.6 Å². The second-order valence-electron chi connectivity index (χ2n) is 8.00. The Kier molecular flexibility index (Phi) is 4.35. The quantitative estimate of drug-likeness (QED) is 0.443. The maximum atomic E-state index is 13.7. The summed E-state index contributed by atoms with van der Waals surface area (Å²) in [4.78, 5) is 23.7. The highest BCUT2D eigenvalue weighted by molar-refractivity contribution is 5.95. The Morgan fingerprint density at radius 2 is 1.78 bits per heavy atom. The molecule has 0 saturated heterocycles. The number of hydrogen-bond acceptors (Lipinski definition) is 3. The number of carbonyl (C=O) groups excluding carboxylic acids is 1. The van der Waals surface area contributed by atoms with Crippen molar-refractivity contribution in [3.05, 3.63) is 108 Å². The zero-order valence-corrected chi connectivity index (χ0v) is 17.3. The summed E-state index contributed by atoms with van der Waals surface area (Å²) in [6.07, 6.45) is 2.56. The Balaban J connectivity index is 1.43. The third-order valence-electron chi connectivity index (χ3n) is 6.14. The summed E-state index contributed by atoms with van der Waals surface area (Å²) < 4.78 is 0. The third kappa shape index (κ3) is 3.00. The van der Waals surface area contributed by atoms with Crippen LogP contribution in [0.15, 0.2) is 85.1 Å². The number of nitrogens with one attached hydrogen (secondary N) is 2. The highest BCUT2D eigenvalue weighted by atomic mass is 16.2. The van der Waals surface area contributed by atoms with Crippen molar-refractivity contribution in [2.75, 3.05) is 6.54 Å². The van der Waals surface area contributed by atoms with Crippen LogP contribution >= 0.6 is 0 Å². The molecule has 0 saturated carbocycles. The predicted octanol–water partition coefficient (Wildman–Crippen LogP) is 4.74. The number of para-hydroxylation sites is 1. The second-order valence-corrected chi connectivity index (χ2v) is 8.00. The summed E-state index contributed by atoms with van der Waals surface area (Å²) in [5.74, 6) is -0.0837. The van der Waals surface area contributed by atoms with Gasteiger partial charge in [0, 0.05) is 34.9 Å². The molecular formula is C26H21N5O. The van der Waals surface area contributed by atoms with Gasteiger partial charge in [-0.25, -0.2) is 0 Å². The lowest BCUT2D eigenvalue weighted by molar-refractivity contribution is 0.0682. The Bertz CT molecular complexity index is 1400. The minimum absolute atomic E-state index is 0.0837. The molecule has 2 aromatic carbocycles. The summed E-state index contributed by atoms with van der Waals surface area (Å²) >= 11 is 0. The number of aromatic amines is 2. The average molecular weight is 419 g/mol. The number of amides is 1. The van der Waals surface area contributed by atoms with Crippen molar-refractivity contribution in [1.82, 2.24) is 25.1 Å². The summed E-state index contributed by atoms with van der Waals surface area (Å²) in [5, 5.41) is 8.55. The first kappa shape index (κ1) is 18.6. The van der Waals surface area contributed by atoms with Crippen molar-refractivity contribution >= 4 is 16.8 Å². The summed E-state index contributed by atoms with van der Waals surface area (Å²) in [5.41, 5.74) is 6.43. The number of benzene rings is 2. The van der Waals surface area contributed by atoms with E-state index < -0.39 is 0 Å². The maximum Gasteiger partial charge on any atom is 0.272 e. The molecule has 0 aliphatic carbocycles. The fourth-order valence-corrected chi connectivity index (χ4v) is 4.65. The van der Waals surface area contributed by atoms with Crippen molar-refractivity contribution in [1.29, 1.82) is 0 Å². The first-order valence-corrected chi connectivity index (χ1v) is 10.7. The minimum atomic E-state index is -0.289. The van der Waals surface area contributed by atoms with Crippen LogP contribution in [0.2, 0.25) is 0 Å². The summed E-state index contributed by atoms with van der Waals surface area (Å²) in [7, 11) is 0. The molecule has 0 radical (unpaired) electrons. The lowest BCUT2D eigenvalue weighted by Gasteiger charge is -2.35. The van der Waals surface area contributed by atoms with E-state index in [1.54, 1.807) is 6.20 Å². The van der Waals surface area contributed by atoms with Crippen LogP contribution in [0.1, 0.15) is 33.5 Å². The van der Waals surface area contributed by atoms with E-state index in [0.29, 0.717) is 12.2 Å². The molecule has 1 amide bonds. The Hall–Kier alpha value is -4.19. The first-order chi connectivity index (χ1) is 15.8. The molecule has 1 aliphatic heterocycles. The molecule has 6 nitrogen and oxygen atoms in total. The number of fused-ring (bicyclic) bond motifs is 3. The van der Waals surface area contributed by atoms with E-state index >= 15 is 0 Å². The van der Waals surface area contributed by atoms with Gasteiger partial charge in [-0.2, -0.15) is 5.10 Å². The smallest absolute Gasteiger partial charge is 0.272 e. The Morgan fingerprint density at radius 1 is 0.969 bits per heavy atom. The molecule has 4 heterocycles. The molecule has 3 aromatic heterocycles. The van der Waals surface area contributed by atoms with Crippen LogP contribution < -0.4 is 0 Å². The maximum absolute atomic E-state index is 13.7. The van der Waals surface area contributed by atoms with Gasteiger partial charge in [0.15, 0.2) is 0 Å². The van der Waals surface area contributed by atoms with Crippen LogP contribution in [0.4, 0.5) is 0 Å². The molecule has 0 spiro atoms. The largest absolute Gasteiger partial charge is 0.356 e. The van der Waals surface area contributed by atoms with E-state index in [1.807, 2.05) is 65.6 Å². The number of hydrogen-bond donors (Lipinski definition) is 2. The van der Waals surface area contributed by atoms with Crippen molar-refractivity contribution in [3.8, 4) is 11.3 Å². The van der Waals surface area contributed by atoms with Gasteiger partial charge in [-0.15, -0.1) is 0 Å². The Labute approximate surface area is 184 Å². The van der Waals surface area contributed by atoms with Crippen molar-refractivity contribution < 1.29 is 4.79 Å². The van der Waals surface area contributed by atoms with E-state index in [4.69, 9.17) is 0 Å². The molecule has 1 aliphatic rings. The van der Waals surface area contributed by atoms with E-state index in [-0.39, 0.29) is 11.9 Å². The number of rotatable bonds is 3. The molecular weight excluding hydrogens is 398 g/mol. The molecule has 156 valence electrons. The lowest BCUT2D eigenvalue weighted by atomic mass is 9.94. The normalized spacial score (nSPS) is 15.6. The number of pyridine rings is 1. The number of H-pyrrole nitrogens is 2. The van der Waals surface area contributed by atoms with Crippen molar-refractivity contribution in [3.63, 3.8) is 0 Å². The van der Waals surface area contributed by atoms with Gasteiger partial charge in [0.1, 0.15) is 11.7 Å². The second kappa shape index (κ2) is 7.50. The number of carbonyl (C=O) groups is 1. The zero-order chi connectivity index (χ0) is 21.5. The minimum Gasteiger partial charge on any atom is -0.356 e. The lowest BCUT2D eigenvalue weighted by Crippen LogP contribution is -2.41. The zero-order valence-electron chi connectivity index (χ0n) is 17.3. The van der Waals surface area contributed by atoms with E-state index in [1.165, 1.54) is 10.9 Å². The number of aromatic nitrogens is 4. The molecule has 32 heavy (non-hydrogen) atoms. The molecule has 0 unspecified atom stereocenters. The van der Waals surface area contributed by atoms with Crippen LogP contribution in [0.25, 0.3) is 22.2 Å². The van der Waals surface area contributed by atoms with Gasteiger partial charge in [0.05, 0.1) is 11.4 Å². The molecule has 0 bridgehead atoms. The summed E-state index contributed by atoms with van der Waals surface area (Å²) in [6, 6.07) is 25.5. The van der Waals surface area contributed by atoms with Crippen LogP contribution in [-0.2, 0) is 6.42 Å². The molecule has 1 atom stereocenters. The molecule has 5 aromatic rings. The van der Waals surface area contributed by atoms with Gasteiger partial charge in [-0.05, 0) is 36.2 Å². The molecule has 0 fully saturated rings. The fraction of sp³-hybridized carbons (Fsp3) is 0.115. The average Bonchev–Trinajstić information content (AvgIpc) is 3.49. The number of nitrogens with zero attached hydrogens (tertiary/aromatic N) is 3. The molecule has 6 heteroatoms. The molecule has 6 rings (SSSR count). The van der Waals surface area contributed by atoms with E-state index in [9.17, 15) is 4.79 Å². The van der Waals surface area contributed by atoms with Gasteiger partial charge in [0.25, 0.3) is 5.91 Å². The molecule has 2 N–H and O–H groups in total. The monoisotopic (exact) mass is 419 g/mol. The van der Waals surface area contributed by atoms with Gasteiger partial charge < -0.3 is 9.88 Å². The van der Waals surface area contributed by atoms with E-state index in [2.05, 4.69) is 38.4 Å². The van der Waals surface area contributed by atoms with Crippen molar-refractivity contribution in [2.45, 2.75) is 12.5 Å². The first-order valence-electron chi connectivity index (χ1n) is 10.7. The standard InChI is InChI=1S/C26H21N5O/c32-26(23-16-22(29-30-23)17-8-2-1-3-9-17)31-15-13-19-18-10-4-5-11-20(18)28-24(19)25(31)21-12-6-7-14-27-21/h1-12,14,16,25,28H,13,15H2,(H,29,30)/t25-/m1/s1. The van der Waals surface area contributed by atoms with Gasteiger partial charge >= 0.3 is 0 Å². The highest BCUT2D eigenvalue weighted by Gasteiger charge is 2.36.